The van der Waals surface area contributed by atoms with Gasteiger partial charge in [-0.3, -0.25) is 4.79 Å². The second-order valence-corrected chi connectivity index (χ2v) is 6.93. The molecule has 4 nitrogen and oxygen atoms in total. The van der Waals surface area contributed by atoms with Crippen LogP contribution < -0.4 is 10.1 Å². The van der Waals surface area contributed by atoms with Gasteiger partial charge in [0.25, 0.3) is 0 Å². The van der Waals surface area contributed by atoms with E-state index < -0.39 is 0 Å². The zero-order valence-electron chi connectivity index (χ0n) is 13.5. The number of hydrogen-bond acceptors (Lipinski definition) is 4. The largest absolute Gasteiger partial charge is 0.508 e. The molecule has 0 aliphatic carbocycles. The Kier molecular flexibility index (Phi) is 5.64. The van der Waals surface area contributed by atoms with Gasteiger partial charge in [0.15, 0.2) is 0 Å². The number of thioether (sulfide) groups is 1. The normalized spacial score (nSPS) is 13.2. The molecule has 0 aromatic heterocycles. The smallest absolute Gasteiger partial charge is 0.224 e. The molecule has 0 spiro atoms. The molecular formula is C19H21NO3S. The quantitative estimate of drug-likeness (QED) is 0.583. The summed E-state index contributed by atoms with van der Waals surface area (Å²) in [7, 11) is 0. The zero-order chi connectivity index (χ0) is 16.8. The predicted octanol–water partition coefficient (Wildman–Crippen LogP) is 4.23. The van der Waals surface area contributed by atoms with Gasteiger partial charge in [-0.2, -0.15) is 0 Å². The summed E-state index contributed by atoms with van der Waals surface area (Å²) in [6, 6.07) is 13.1. The number of hydrogen-bond donors (Lipinski definition) is 2. The number of phenolic OH excluding ortho intramolecular Hbond substituents is 1. The van der Waals surface area contributed by atoms with Crippen LogP contribution >= 0.6 is 11.8 Å². The Labute approximate surface area is 146 Å². The Bertz CT molecular complexity index is 700. The molecule has 1 heterocycles. The Morgan fingerprint density at radius 1 is 1.08 bits per heavy atom. The topological polar surface area (TPSA) is 58.6 Å². The number of fused-ring (bicyclic) bond motifs is 1. The van der Waals surface area contributed by atoms with E-state index >= 15 is 0 Å². The molecule has 24 heavy (non-hydrogen) atoms. The average molecular weight is 343 g/mol. The fourth-order valence-corrected chi connectivity index (χ4v) is 3.49. The van der Waals surface area contributed by atoms with Gasteiger partial charge in [0.1, 0.15) is 11.5 Å². The molecule has 3 rings (SSSR count). The van der Waals surface area contributed by atoms with Crippen LogP contribution in [0.4, 0.5) is 5.69 Å². The molecule has 0 atom stereocenters. The van der Waals surface area contributed by atoms with Crippen LogP contribution in [-0.2, 0) is 11.2 Å². The van der Waals surface area contributed by atoms with E-state index in [9.17, 15) is 9.90 Å². The minimum atomic E-state index is 0.0855. The van der Waals surface area contributed by atoms with Gasteiger partial charge in [-0.25, -0.2) is 0 Å². The number of rotatable bonds is 7. The molecule has 0 bridgehead atoms. The molecule has 0 fully saturated rings. The van der Waals surface area contributed by atoms with Crippen LogP contribution in [-0.4, -0.2) is 23.4 Å². The molecule has 126 valence electrons. The maximum Gasteiger partial charge on any atom is 0.224 e. The number of amides is 1. The number of carbonyl (C=O) groups is 1. The molecule has 1 aliphatic heterocycles. The van der Waals surface area contributed by atoms with Gasteiger partial charge in [-0.1, -0.05) is 0 Å². The van der Waals surface area contributed by atoms with E-state index in [4.69, 9.17) is 4.74 Å². The number of benzene rings is 2. The standard InChI is InChI=1S/C19H21NO3S/c21-15-4-7-17(8-5-15)24-12-2-1-11-23-16-6-9-18-14(13-16)3-10-19(22)20-18/h4-9,13,21H,1-3,10-12H2,(H,20,22). The number of aromatic hydroxyl groups is 1. The highest BCUT2D eigenvalue weighted by Crippen LogP contribution is 2.27. The zero-order valence-corrected chi connectivity index (χ0v) is 14.3. The molecule has 2 aromatic carbocycles. The van der Waals surface area contributed by atoms with Crippen LogP contribution in [0.2, 0.25) is 0 Å². The summed E-state index contributed by atoms with van der Waals surface area (Å²) in [6.07, 6.45) is 3.40. The number of carbonyl (C=O) groups excluding carboxylic acids is 1. The van der Waals surface area contributed by atoms with E-state index in [0.29, 0.717) is 18.8 Å². The predicted molar refractivity (Wildman–Crippen MR) is 97.0 cm³/mol. The first kappa shape index (κ1) is 16.7. The van der Waals surface area contributed by atoms with Crippen molar-refractivity contribution in [2.24, 2.45) is 0 Å². The molecular weight excluding hydrogens is 322 g/mol. The van der Waals surface area contributed by atoms with Crippen molar-refractivity contribution < 1.29 is 14.6 Å². The van der Waals surface area contributed by atoms with Crippen LogP contribution in [0, 0.1) is 0 Å². The fraction of sp³-hybridized carbons (Fsp3) is 0.316. The Morgan fingerprint density at radius 3 is 2.75 bits per heavy atom. The van der Waals surface area contributed by atoms with E-state index in [0.717, 1.165) is 42.0 Å². The van der Waals surface area contributed by atoms with Gasteiger partial charge in [0.2, 0.25) is 5.91 Å². The lowest BCUT2D eigenvalue weighted by Gasteiger charge is -2.17. The van der Waals surface area contributed by atoms with Gasteiger partial charge >= 0.3 is 0 Å². The molecule has 1 aliphatic rings. The highest BCUT2D eigenvalue weighted by Gasteiger charge is 2.14. The molecule has 1 amide bonds. The number of ether oxygens (including phenoxy) is 1. The number of phenols is 1. The average Bonchev–Trinajstić information content (AvgIpc) is 2.59. The van der Waals surface area contributed by atoms with Crippen LogP contribution in [0.5, 0.6) is 11.5 Å². The summed E-state index contributed by atoms with van der Waals surface area (Å²) in [5.74, 6) is 2.29. The maximum atomic E-state index is 11.3. The van der Waals surface area contributed by atoms with Gasteiger partial charge < -0.3 is 15.2 Å². The van der Waals surface area contributed by atoms with Gasteiger partial charge in [0.05, 0.1) is 6.61 Å². The van der Waals surface area contributed by atoms with Crippen molar-refractivity contribution in [3.05, 3.63) is 48.0 Å². The van der Waals surface area contributed by atoms with Gasteiger partial charge in [0, 0.05) is 17.0 Å². The van der Waals surface area contributed by atoms with Gasteiger partial charge in [-0.05, 0) is 73.0 Å². The van der Waals surface area contributed by atoms with E-state index in [1.165, 1.54) is 4.90 Å². The van der Waals surface area contributed by atoms with E-state index in [1.54, 1.807) is 23.9 Å². The van der Waals surface area contributed by atoms with E-state index in [1.807, 2.05) is 30.3 Å². The minimum Gasteiger partial charge on any atom is -0.508 e. The summed E-state index contributed by atoms with van der Waals surface area (Å²) < 4.78 is 5.81. The summed E-state index contributed by atoms with van der Waals surface area (Å²) >= 11 is 1.79. The van der Waals surface area contributed by atoms with Crippen LogP contribution in [0.3, 0.4) is 0 Å². The van der Waals surface area contributed by atoms with Gasteiger partial charge in [-0.15, -0.1) is 11.8 Å². The summed E-state index contributed by atoms with van der Waals surface area (Å²) in [5.41, 5.74) is 2.05. The van der Waals surface area contributed by atoms with Crippen LogP contribution in [0.15, 0.2) is 47.4 Å². The van der Waals surface area contributed by atoms with Crippen molar-refractivity contribution in [1.29, 1.82) is 0 Å². The Balaban J connectivity index is 1.36. The lowest BCUT2D eigenvalue weighted by molar-refractivity contribution is -0.116. The summed E-state index contributed by atoms with van der Waals surface area (Å²) in [5, 5.41) is 12.1. The van der Waals surface area contributed by atoms with Crippen LogP contribution in [0.25, 0.3) is 0 Å². The highest BCUT2D eigenvalue weighted by atomic mass is 32.2. The third-order valence-electron chi connectivity index (χ3n) is 3.89. The monoisotopic (exact) mass is 343 g/mol. The second kappa shape index (κ2) is 8.11. The third-order valence-corrected chi connectivity index (χ3v) is 4.98. The molecule has 0 unspecified atom stereocenters. The molecule has 0 radical (unpaired) electrons. The Morgan fingerprint density at radius 2 is 1.92 bits per heavy atom. The van der Waals surface area contributed by atoms with E-state index in [2.05, 4.69) is 5.32 Å². The third kappa shape index (κ3) is 4.68. The summed E-state index contributed by atoms with van der Waals surface area (Å²) in [6.45, 7) is 0.696. The lowest BCUT2D eigenvalue weighted by Crippen LogP contribution is -2.18. The fourth-order valence-electron chi connectivity index (χ4n) is 2.58. The number of aryl methyl sites for hydroxylation is 1. The number of unbranched alkanes of at least 4 members (excludes halogenated alkanes) is 1. The van der Waals surface area contributed by atoms with Crippen molar-refractivity contribution in [2.75, 3.05) is 17.7 Å². The number of nitrogens with one attached hydrogen (secondary N) is 1. The highest BCUT2D eigenvalue weighted by molar-refractivity contribution is 7.99. The molecule has 0 saturated carbocycles. The van der Waals surface area contributed by atoms with Crippen molar-refractivity contribution in [1.82, 2.24) is 0 Å². The number of anilines is 1. The first-order chi connectivity index (χ1) is 11.7. The Hall–Kier alpha value is -2.14. The molecule has 0 saturated heterocycles. The van der Waals surface area contributed by atoms with Crippen molar-refractivity contribution in [2.45, 2.75) is 30.6 Å². The second-order valence-electron chi connectivity index (χ2n) is 5.77. The first-order valence-corrected chi connectivity index (χ1v) is 9.17. The lowest BCUT2D eigenvalue weighted by atomic mass is 10.0. The molecule has 5 heteroatoms. The van der Waals surface area contributed by atoms with E-state index in [-0.39, 0.29) is 5.91 Å². The minimum absolute atomic E-state index is 0.0855. The first-order valence-electron chi connectivity index (χ1n) is 8.18. The van der Waals surface area contributed by atoms with Crippen molar-refractivity contribution >= 4 is 23.4 Å². The summed E-state index contributed by atoms with van der Waals surface area (Å²) in [4.78, 5) is 12.5. The van der Waals surface area contributed by atoms with Crippen molar-refractivity contribution in [3.63, 3.8) is 0 Å². The van der Waals surface area contributed by atoms with Crippen LogP contribution in [0.1, 0.15) is 24.8 Å². The maximum absolute atomic E-state index is 11.3. The molecule has 2 aromatic rings. The molecule has 2 N–H and O–H groups in total. The van der Waals surface area contributed by atoms with Crippen molar-refractivity contribution in [3.8, 4) is 11.5 Å². The SMILES string of the molecule is O=C1CCc2cc(OCCCCSc3ccc(O)cc3)ccc2N1.